The van der Waals surface area contributed by atoms with E-state index in [0.717, 1.165) is 30.3 Å². The van der Waals surface area contributed by atoms with Crippen LogP contribution in [0.3, 0.4) is 0 Å². The molecule has 9 heteroatoms. The van der Waals surface area contributed by atoms with Crippen molar-refractivity contribution in [3.63, 3.8) is 0 Å². The Kier molecular flexibility index (Phi) is 5.63. The maximum absolute atomic E-state index is 14.6. The number of benzene rings is 2. The monoisotopic (exact) mass is 449 g/mol. The lowest BCUT2D eigenvalue weighted by atomic mass is 9.99. The number of amidine groups is 1. The molecule has 0 aromatic heterocycles. The molecule has 33 heavy (non-hydrogen) atoms. The fourth-order valence-corrected chi connectivity index (χ4v) is 4.24. The van der Waals surface area contributed by atoms with Gasteiger partial charge in [-0.1, -0.05) is 24.3 Å². The van der Waals surface area contributed by atoms with Crippen LogP contribution in [0.4, 0.5) is 10.1 Å². The summed E-state index contributed by atoms with van der Waals surface area (Å²) in [5.74, 6) is -0.242. The van der Waals surface area contributed by atoms with Gasteiger partial charge in [0.15, 0.2) is 0 Å². The van der Waals surface area contributed by atoms with Crippen LogP contribution in [0.25, 0.3) is 0 Å². The molecular weight excluding hydrogens is 425 g/mol. The standard InChI is InChI=1S/C24H24FN5O3/c25-20-8-7-16(26-22-18-4-2-1-3-17(18)21(14-31)27-28-22)13-19(20)24(33)30-11-9-29(10-12-30)23(32)15-5-6-15/h1-4,7-8,13-15,21,27H,5-6,9-12H2,(H,26,28). The predicted molar refractivity (Wildman–Crippen MR) is 119 cm³/mol. The Morgan fingerprint density at radius 2 is 1.76 bits per heavy atom. The number of carbonyl (C=O) groups is 3. The van der Waals surface area contributed by atoms with Gasteiger partial charge in [0.25, 0.3) is 5.91 Å². The number of amides is 2. The Labute approximate surface area is 190 Å². The first kappa shape index (κ1) is 21.3. The van der Waals surface area contributed by atoms with Crippen molar-refractivity contribution in [1.82, 2.24) is 20.7 Å². The van der Waals surface area contributed by atoms with Crippen molar-refractivity contribution in [3.8, 4) is 0 Å². The number of fused-ring (bicyclic) bond motifs is 1. The molecule has 1 aliphatic carbocycles. The maximum atomic E-state index is 14.6. The Balaban J connectivity index is 1.35. The van der Waals surface area contributed by atoms with E-state index in [2.05, 4.69) is 15.8 Å². The Morgan fingerprint density at radius 3 is 2.48 bits per heavy atom. The molecule has 8 nitrogen and oxygen atoms in total. The molecular formula is C24H24FN5O3. The van der Waals surface area contributed by atoms with Crippen LogP contribution in [0.15, 0.2) is 47.5 Å². The molecule has 3 aliphatic rings. The lowest BCUT2D eigenvalue weighted by molar-refractivity contribution is -0.134. The van der Waals surface area contributed by atoms with Gasteiger partial charge in [-0.2, -0.15) is 0 Å². The number of piperazine rings is 1. The predicted octanol–water partition coefficient (Wildman–Crippen LogP) is 1.95. The average Bonchev–Trinajstić information content (AvgIpc) is 3.70. The van der Waals surface area contributed by atoms with E-state index in [9.17, 15) is 18.8 Å². The summed E-state index contributed by atoms with van der Waals surface area (Å²) in [4.78, 5) is 44.5. The summed E-state index contributed by atoms with van der Waals surface area (Å²) in [6.07, 6.45) is 2.70. The van der Waals surface area contributed by atoms with Crippen LogP contribution in [0.5, 0.6) is 0 Å². The summed E-state index contributed by atoms with van der Waals surface area (Å²) in [7, 11) is 0. The van der Waals surface area contributed by atoms with Crippen LogP contribution in [-0.4, -0.2) is 59.9 Å². The van der Waals surface area contributed by atoms with Crippen molar-refractivity contribution in [3.05, 3.63) is 65.0 Å². The molecule has 0 radical (unpaired) electrons. The molecule has 1 saturated heterocycles. The van der Waals surface area contributed by atoms with E-state index in [0.29, 0.717) is 37.7 Å². The van der Waals surface area contributed by atoms with Gasteiger partial charge in [0.1, 0.15) is 24.0 Å². The minimum atomic E-state index is -0.614. The third kappa shape index (κ3) is 4.23. The summed E-state index contributed by atoms with van der Waals surface area (Å²) in [5.41, 5.74) is 7.70. The van der Waals surface area contributed by atoms with Crippen molar-refractivity contribution in [2.24, 2.45) is 10.9 Å². The Hall–Kier alpha value is -3.59. The molecule has 0 bridgehead atoms. The summed E-state index contributed by atoms with van der Waals surface area (Å²) in [6.45, 7) is 1.69. The smallest absolute Gasteiger partial charge is 0.257 e. The fraction of sp³-hybridized carbons (Fsp3) is 0.333. The zero-order valence-corrected chi connectivity index (χ0v) is 18.0. The van der Waals surface area contributed by atoms with Gasteiger partial charge in [0.05, 0.1) is 11.3 Å². The van der Waals surface area contributed by atoms with Gasteiger partial charge < -0.3 is 20.0 Å². The van der Waals surface area contributed by atoms with Gasteiger partial charge in [-0.15, -0.1) is 0 Å². The van der Waals surface area contributed by atoms with Crippen LogP contribution in [0, 0.1) is 11.7 Å². The topological polar surface area (TPSA) is 94.1 Å². The van der Waals surface area contributed by atoms with Gasteiger partial charge in [-0.05, 0) is 36.6 Å². The zero-order chi connectivity index (χ0) is 22.9. The highest BCUT2D eigenvalue weighted by Gasteiger charge is 2.35. The number of aliphatic imine (C=N–C) groups is 1. The lowest BCUT2D eigenvalue weighted by Gasteiger charge is -2.35. The second-order valence-corrected chi connectivity index (χ2v) is 8.49. The summed E-state index contributed by atoms with van der Waals surface area (Å²) >= 11 is 0. The second-order valence-electron chi connectivity index (χ2n) is 8.49. The van der Waals surface area contributed by atoms with Crippen LogP contribution in [0.2, 0.25) is 0 Å². The molecule has 2 amide bonds. The molecule has 0 spiro atoms. The normalized spacial score (nSPS) is 21.4. The zero-order valence-electron chi connectivity index (χ0n) is 18.0. The van der Waals surface area contributed by atoms with Gasteiger partial charge in [0.2, 0.25) is 5.91 Å². The molecule has 2 N–H and O–H groups in total. The van der Waals surface area contributed by atoms with E-state index in [1.165, 1.54) is 18.2 Å². The van der Waals surface area contributed by atoms with Gasteiger partial charge in [0, 0.05) is 37.7 Å². The van der Waals surface area contributed by atoms with Gasteiger partial charge >= 0.3 is 0 Å². The number of halogens is 1. The van der Waals surface area contributed by atoms with Crippen LogP contribution in [0.1, 0.15) is 40.4 Å². The minimum Gasteiger partial charge on any atom is -0.339 e. The third-order valence-electron chi connectivity index (χ3n) is 6.26. The van der Waals surface area contributed by atoms with Gasteiger partial charge in [-0.3, -0.25) is 9.59 Å². The van der Waals surface area contributed by atoms with E-state index in [1.807, 2.05) is 24.3 Å². The maximum Gasteiger partial charge on any atom is 0.257 e. The molecule has 170 valence electrons. The molecule has 1 unspecified atom stereocenters. The summed E-state index contributed by atoms with van der Waals surface area (Å²) in [6, 6.07) is 11.0. The SMILES string of the molecule is O=CC1NNC(=Nc2ccc(F)c(C(=O)N3CCN(C(=O)C4CC4)CC3)c2)c2ccccc21. The van der Waals surface area contributed by atoms with Crippen molar-refractivity contribution in [1.29, 1.82) is 0 Å². The van der Waals surface area contributed by atoms with Crippen molar-refractivity contribution >= 4 is 29.6 Å². The first-order chi connectivity index (χ1) is 16.0. The molecule has 1 atom stereocenters. The lowest BCUT2D eigenvalue weighted by Crippen LogP contribution is -2.51. The Morgan fingerprint density at radius 1 is 1.03 bits per heavy atom. The largest absolute Gasteiger partial charge is 0.339 e. The summed E-state index contributed by atoms with van der Waals surface area (Å²) < 4.78 is 14.6. The second kappa shape index (κ2) is 8.74. The average molecular weight is 449 g/mol. The molecule has 5 rings (SSSR count). The van der Waals surface area contributed by atoms with Crippen molar-refractivity contribution in [2.45, 2.75) is 18.9 Å². The number of nitrogens with zero attached hydrogens (tertiary/aromatic N) is 3. The quantitative estimate of drug-likeness (QED) is 0.696. The van der Waals surface area contributed by atoms with Crippen molar-refractivity contribution < 1.29 is 18.8 Å². The highest BCUT2D eigenvalue weighted by atomic mass is 19.1. The molecule has 2 aromatic carbocycles. The molecule has 2 aromatic rings. The number of hydrogen-bond donors (Lipinski definition) is 2. The molecule has 2 fully saturated rings. The van der Waals surface area contributed by atoms with E-state index in [-0.39, 0.29) is 17.4 Å². The van der Waals surface area contributed by atoms with E-state index in [4.69, 9.17) is 0 Å². The van der Waals surface area contributed by atoms with Crippen molar-refractivity contribution in [2.75, 3.05) is 26.2 Å². The van der Waals surface area contributed by atoms with E-state index >= 15 is 0 Å². The van der Waals surface area contributed by atoms with Gasteiger partial charge in [-0.25, -0.2) is 14.8 Å². The number of hydrazine groups is 1. The number of hydrogen-bond acceptors (Lipinski definition) is 5. The van der Waals surface area contributed by atoms with Crippen LogP contribution < -0.4 is 10.9 Å². The number of nitrogens with one attached hydrogen (secondary N) is 2. The molecule has 2 heterocycles. The Bertz CT molecular complexity index is 1140. The highest BCUT2D eigenvalue weighted by molar-refractivity contribution is 6.03. The van der Waals surface area contributed by atoms with Crippen LogP contribution >= 0.6 is 0 Å². The third-order valence-corrected chi connectivity index (χ3v) is 6.26. The molecule has 2 aliphatic heterocycles. The number of aldehydes is 1. The summed E-state index contributed by atoms with van der Waals surface area (Å²) in [5, 5.41) is 0. The minimum absolute atomic E-state index is 0.0540. The van der Waals surface area contributed by atoms with E-state index < -0.39 is 17.8 Å². The first-order valence-electron chi connectivity index (χ1n) is 11.1. The van der Waals surface area contributed by atoms with E-state index in [1.54, 1.807) is 9.80 Å². The first-order valence-corrected chi connectivity index (χ1v) is 11.1. The highest BCUT2D eigenvalue weighted by Crippen LogP contribution is 2.31. The number of carbonyl (C=O) groups excluding carboxylic acids is 3. The fourth-order valence-electron chi connectivity index (χ4n) is 4.24. The van der Waals surface area contributed by atoms with Crippen LogP contribution in [-0.2, 0) is 9.59 Å². The molecule has 1 saturated carbocycles. The number of rotatable bonds is 4.